The Hall–Kier alpha value is 0.0649. The average Bonchev–Trinajstić information content (AvgIpc) is 2.36. The highest BCUT2D eigenvalue weighted by Gasteiger charge is 2.32. The number of fused-ring (bicyclic) bond motifs is 4. The van der Waals surface area contributed by atoms with Crippen LogP contribution in [0.4, 0.5) is 0 Å². The smallest absolute Gasteiger partial charge is 0.0861 e. The molecule has 0 spiro atoms. The van der Waals surface area contributed by atoms with Gasteiger partial charge >= 0.3 is 0 Å². The van der Waals surface area contributed by atoms with Crippen molar-refractivity contribution >= 4 is 6.71 Å². The Morgan fingerprint density at radius 3 is 1.58 bits per heavy atom. The van der Waals surface area contributed by atoms with Crippen LogP contribution in [0.15, 0.2) is 0 Å². The molecule has 3 aliphatic carbocycles. The van der Waals surface area contributed by atoms with Crippen molar-refractivity contribution in [1.29, 1.82) is 0 Å². The average molecular weight is 164 g/mol. The Morgan fingerprint density at radius 1 is 0.833 bits per heavy atom. The summed E-state index contributed by atoms with van der Waals surface area (Å²) in [6.07, 6.45) is 9.30. The monoisotopic (exact) mass is 164 g/mol. The van der Waals surface area contributed by atoms with Gasteiger partial charge in [0, 0.05) is 0 Å². The molecule has 0 aromatic heterocycles. The lowest BCUT2D eigenvalue weighted by atomic mass is 9.43. The van der Waals surface area contributed by atoms with Crippen molar-refractivity contribution in [2.75, 3.05) is 0 Å². The molecule has 0 saturated heterocycles. The van der Waals surface area contributed by atoms with E-state index >= 15 is 0 Å². The number of rotatable bonds is 1. The summed E-state index contributed by atoms with van der Waals surface area (Å²) in [5.74, 6) is 3.28. The van der Waals surface area contributed by atoms with Crippen LogP contribution >= 0.6 is 0 Å². The first-order valence-electron chi connectivity index (χ1n) is 5.75. The highest BCUT2D eigenvalue weighted by atomic mass is 14.3. The number of hydrogen-bond donors (Lipinski definition) is 0. The zero-order chi connectivity index (χ0) is 8.55. The maximum absolute atomic E-state index is 2.41. The van der Waals surface area contributed by atoms with Gasteiger partial charge in [-0.05, 0) is 11.8 Å². The lowest BCUT2D eigenvalue weighted by Gasteiger charge is -2.22. The van der Waals surface area contributed by atoms with Crippen LogP contribution in [0.2, 0.25) is 19.5 Å². The van der Waals surface area contributed by atoms with Crippen molar-refractivity contribution in [2.45, 2.75) is 58.0 Å². The van der Waals surface area contributed by atoms with Crippen LogP contribution in [0.1, 0.15) is 38.5 Å². The third-order valence-corrected chi connectivity index (χ3v) is 4.18. The summed E-state index contributed by atoms with van der Waals surface area (Å²) in [6.45, 7) is 5.76. The Bertz CT molecular complexity index is 131. The standard InChI is InChI=1S/C11H21B/c1-12(2)11-7-9-3-4-10(8-11)6-5-9/h9-11H,3-8H2,1-2H3. The zero-order valence-electron chi connectivity index (χ0n) is 8.55. The molecule has 0 atom stereocenters. The molecular formula is C11H21B. The largest absolute Gasteiger partial charge is 0.136 e. The minimum atomic E-state index is 0.936. The molecule has 12 heavy (non-hydrogen) atoms. The van der Waals surface area contributed by atoms with Gasteiger partial charge in [-0.3, -0.25) is 0 Å². The van der Waals surface area contributed by atoms with Gasteiger partial charge in [-0.1, -0.05) is 58.0 Å². The summed E-state index contributed by atoms with van der Waals surface area (Å²) in [4.78, 5) is 0. The van der Waals surface area contributed by atoms with Gasteiger partial charge in [-0.25, -0.2) is 0 Å². The fourth-order valence-corrected chi connectivity index (χ4v) is 3.20. The SMILES string of the molecule is CB(C)C1CC2CCC(CC2)C1. The molecule has 0 aromatic carbocycles. The first kappa shape index (κ1) is 8.65. The summed E-state index contributed by atoms with van der Waals surface area (Å²) in [7, 11) is 0. The molecule has 0 N–H and O–H groups in total. The normalized spacial score (nSPS) is 41.0. The van der Waals surface area contributed by atoms with E-state index < -0.39 is 0 Å². The van der Waals surface area contributed by atoms with E-state index in [0.717, 1.165) is 24.4 Å². The lowest BCUT2D eigenvalue weighted by molar-refractivity contribution is 0.308. The minimum absolute atomic E-state index is 0.936. The number of hydrogen-bond acceptors (Lipinski definition) is 0. The molecule has 0 unspecified atom stereocenters. The van der Waals surface area contributed by atoms with Crippen LogP contribution in [0.25, 0.3) is 0 Å². The van der Waals surface area contributed by atoms with Gasteiger partial charge in [0.1, 0.15) is 6.71 Å². The first-order valence-corrected chi connectivity index (χ1v) is 5.75. The van der Waals surface area contributed by atoms with Crippen molar-refractivity contribution in [3.05, 3.63) is 0 Å². The molecule has 3 saturated carbocycles. The second kappa shape index (κ2) is 3.43. The molecule has 0 nitrogen and oxygen atoms in total. The molecule has 68 valence electrons. The van der Waals surface area contributed by atoms with Crippen LogP contribution in [0.5, 0.6) is 0 Å². The Labute approximate surface area is 77.2 Å². The second-order valence-corrected chi connectivity index (χ2v) is 5.36. The first-order chi connectivity index (χ1) is 5.75. The van der Waals surface area contributed by atoms with E-state index in [1.54, 1.807) is 38.5 Å². The van der Waals surface area contributed by atoms with E-state index in [1.807, 2.05) is 0 Å². The fraction of sp³-hybridized carbons (Fsp3) is 1.00. The summed E-state index contributed by atoms with van der Waals surface area (Å²) in [5.41, 5.74) is 0. The Morgan fingerprint density at radius 2 is 1.25 bits per heavy atom. The molecule has 0 heterocycles. The maximum atomic E-state index is 2.41. The van der Waals surface area contributed by atoms with Crippen molar-refractivity contribution < 1.29 is 0 Å². The quantitative estimate of drug-likeness (QED) is 0.518. The Balaban J connectivity index is 2.02. The van der Waals surface area contributed by atoms with E-state index in [0.29, 0.717) is 0 Å². The van der Waals surface area contributed by atoms with Gasteiger partial charge in [-0.2, -0.15) is 0 Å². The van der Waals surface area contributed by atoms with Crippen LogP contribution < -0.4 is 0 Å². The summed E-state index contributed by atoms with van der Waals surface area (Å²) < 4.78 is 0. The van der Waals surface area contributed by atoms with E-state index in [9.17, 15) is 0 Å². The van der Waals surface area contributed by atoms with E-state index in [1.165, 1.54) is 0 Å². The predicted molar refractivity (Wildman–Crippen MR) is 55.9 cm³/mol. The molecule has 3 fully saturated rings. The fourth-order valence-electron chi connectivity index (χ4n) is 3.20. The van der Waals surface area contributed by atoms with Gasteiger partial charge in [0.05, 0.1) is 0 Å². The molecule has 3 aliphatic rings. The third kappa shape index (κ3) is 1.70. The predicted octanol–water partition coefficient (Wildman–Crippen LogP) is 3.71. The molecular weight excluding hydrogens is 143 g/mol. The minimum Gasteiger partial charge on any atom is -0.0861 e. The second-order valence-electron chi connectivity index (χ2n) is 5.36. The van der Waals surface area contributed by atoms with Crippen LogP contribution in [-0.4, -0.2) is 6.71 Å². The summed E-state index contributed by atoms with van der Waals surface area (Å²) in [5, 5.41) is 0. The van der Waals surface area contributed by atoms with Gasteiger partial charge in [0.15, 0.2) is 0 Å². The highest BCUT2D eigenvalue weighted by molar-refractivity contribution is 6.57. The topological polar surface area (TPSA) is 0 Å². The molecule has 0 aliphatic heterocycles. The van der Waals surface area contributed by atoms with Crippen molar-refractivity contribution in [2.24, 2.45) is 11.8 Å². The molecule has 3 rings (SSSR count). The van der Waals surface area contributed by atoms with E-state index in [4.69, 9.17) is 0 Å². The highest BCUT2D eigenvalue weighted by Crippen LogP contribution is 2.45. The van der Waals surface area contributed by atoms with Crippen LogP contribution in [-0.2, 0) is 0 Å². The summed E-state index contributed by atoms with van der Waals surface area (Å²) in [6, 6.07) is 0. The van der Waals surface area contributed by atoms with Crippen molar-refractivity contribution in [1.82, 2.24) is 0 Å². The van der Waals surface area contributed by atoms with Gasteiger partial charge in [-0.15, -0.1) is 0 Å². The lowest BCUT2D eigenvalue weighted by Crippen LogP contribution is -2.13. The van der Waals surface area contributed by atoms with Crippen molar-refractivity contribution in [3.8, 4) is 0 Å². The van der Waals surface area contributed by atoms with Gasteiger partial charge in [0.2, 0.25) is 0 Å². The molecule has 2 bridgehead atoms. The van der Waals surface area contributed by atoms with Gasteiger partial charge < -0.3 is 0 Å². The van der Waals surface area contributed by atoms with Crippen molar-refractivity contribution in [3.63, 3.8) is 0 Å². The molecule has 0 aromatic rings. The zero-order valence-corrected chi connectivity index (χ0v) is 8.55. The molecule has 1 heteroatoms. The molecule has 0 radical (unpaired) electrons. The van der Waals surface area contributed by atoms with Gasteiger partial charge in [0.25, 0.3) is 0 Å². The summed E-state index contributed by atoms with van der Waals surface area (Å²) >= 11 is 0. The maximum Gasteiger partial charge on any atom is 0.136 e. The van der Waals surface area contributed by atoms with Crippen LogP contribution in [0, 0.1) is 11.8 Å². The Kier molecular flexibility index (Phi) is 2.48. The van der Waals surface area contributed by atoms with E-state index in [-0.39, 0.29) is 0 Å². The van der Waals surface area contributed by atoms with E-state index in [2.05, 4.69) is 13.6 Å². The van der Waals surface area contributed by atoms with Crippen LogP contribution in [0.3, 0.4) is 0 Å². The third-order valence-electron chi connectivity index (χ3n) is 4.18. The molecule has 0 amide bonds.